The normalized spacial score (nSPS) is 13.6. The average Bonchev–Trinajstić information content (AvgIpc) is 2.97. The van der Waals surface area contributed by atoms with Gasteiger partial charge in [-0.15, -0.1) is 0 Å². The van der Waals surface area contributed by atoms with Gasteiger partial charge < -0.3 is 29.1 Å². The first-order valence-electron chi connectivity index (χ1n) is 13.2. The zero-order valence-electron chi connectivity index (χ0n) is 24.0. The molecule has 0 spiro atoms. The number of carbonyl (C=O) groups is 7. The smallest absolute Gasteiger partial charge is 0.308 e. The summed E-state index contributed by atoms with van der Waals surface area (Å²) < 4.78 is 15.7. The highest BCUT2D eigenvalue weighted by Crippen LogP contribution is 2.30. The third-order valence-electron chi connectivity index (χ3n) is 6.29. The van der Waals surface area contributed by atoms with Crippen molar-refractivity contribution in [3.05, 3.63) is 53.9 Å². The number of Topliss-reactive ketones (excluding diaryl/α,β-unsaturated/α-hetero) is 2. The Morgan fingerprint density at radius 1 is 0.976 bits per heavy atom. The molecule has 0 bridgehead atoms. The molecule has 0 radical (unpaired) electrons. The van der Waals surface area contributed by atoms with E-state index in [9.17, 15) is 33.6 Å². The van der Waals surface area contributed by atoms with E-state index in [1.54, 1.807) is 44.2 Å². The van der Waals surface area contributed by atoms with E-state index < -0.39 is 71.4 Å². The second-order valence-electron chi connectivity index (χ2n) is 9.78. The third-order valence-corrected chi connectivity index (χ3v) is 6.29. The molecule has 0 aliphatic carbocycles. The van der Waals surface area contributed by atoms with Crippen molar-refractivity contribution in [3.8, 4) is 11.5 Å². The zero-order valence-corrected chi connectivity index (χ0v) is 24.0. The second-order valence-corrected chi connectivity index (χ2v) is 9.78. The van der Waals surface area contributed by atoms with E-state index in [1.807, 2.05) is 0 Å². The predicted molar refractivity (Wildman–Crippen MR) is 148 cm³/mol. The number of rotatable bonds is 16. The Labute approximate surface area is 243 Å². The van der Waals surface area contributed by atoms with Gasteiger partial charge in [0.15, 0.2) is 11.4 Å². The van der Waals surface area contributed by atoms with E-state index in [1.165, 1.54) is 26.3 Å². The summed E-state index contributed by atoms with van der Waals surface area (Å²) in [5.41, 5.74) is 0.313. The molecule has 1 heterocycles. The molecule has 1 N–H and O–H groups in total. The van der Waals surface area contributed by atoms with E-state index in [-0.39, 0.29) is 17.9 Å². The number of aldehydes is 2. The van der Waals surface area contributed by atoms with E-state index in [2.05, 4.69) is 10.3 Å². The number of ketones is 2. The number of hydrogen-bond donors (Lipinski definition) is 1. The lowest BCUT2D eigenvalue weighted by Crippen LogP contribution is -2.49. The van der Waals surface area contributed by atoms with Crippen molar-refractivity contribution in [2.24, 2.45) is 17.8 Å². The highest BCUT2D eigenvalue weighted by Gasteiger charge is 2.40. The first-order chi connectivity index (χ1) is 19.9. The number of nitrogens with one attached hydrogen (secondary N) is 1. The SMILES string of the molecule is COc1ccnc(C(=O)N[C@@H](CC=O)C(=O)C(=O)[C@@H](C)[C@H](OC(=O)C(C)C)[C@H](C=O)Cc2ccccc2)c1OC(C)=O. The maximum atomic E-state index is 13.4. The number of pyridine rings is 1. The topological polar surface area (TPSA) is 172 Å². The van der Waals surface area contributed by atoms with Crippen LogP contribution in [0, 0.1) is 17.8 Å². The Kier molecular flexibility index (Phi) is 12.7. The number of esters is 2. The molecule has 224 valence electrons. The van der Waals surface area contributed by atoms with Gasteiger partial charge in [-0.25, -0.2) is 4.98 Å². The van der Waals surface area contributed by atoms with Gasteiger partial charge in [0.25, 0.3) is 5.91 Å². The second kappa shape index (κ2) is 15.9. The average molecular weight is 583 g/mol. The van der Waals surface area contributed by atoms with Crippen LogP contribution in [0.4, 0.5) is 0 Å². The summed E-state index contributed by atoms with van der Waals surface area (Å²) in [6, 6.07) is 8.56. The number of methoxy groups -OCH3 is 1. The van der Waals surface area contributed by atoms with Crippen LogP contribution >= 0.6 is 0 Å². The minimum absolute atomic E-state index is 0.00134. The quantitative estimate of drug-likeness (QED) is 0.174. The van der Waals surface area contributed by atoms with Gasteiger partial charge in [-0.05, 0) is 12.0 Å². The van der Waals surface area contributed by atoms with Crippen molar-refractivity contribution in [2.75, 3.05) is 7.11 Å². The summed E-state index contributed by atoms with van der Waals surface area (Å²) in [5, 5.41) is 2.29. The Bertz CT molecular complexity index is 1310. The molecule has 0 aliphatic heterocycles. The molecule has 12 nitrogen and oxygen atoms in total. The van der Waals surface area contributed by atoms with Crippen molar-refractivity contribution in [2.45, 2.75) is 52.7 Å². The molecule has 1 aromatic carbocycles. The minimum Gasteiger partial charge on any atom is -0.493 e. The van der Waals surface area contributed by atoms with Gasteiger partial charge in [0, 0.05) is 25.6 Å². The molecule has 1 amide bonds. The fourth-order valence-electron chi connectivity index (χ4n) is 4.05. The van der Waals surface area contributed by atoms with Gasteiger partial charge in [-0.2, -0.15) is 0 Å². The molecule has 0 aliphatic rings. The summed E-state index contributed by atoms with van der Waals surface area (Å²) in [7, 11) is 1.27. The lowest BCUT2D eigenvalue weighted by molar-refractivity contribution is -0.162. The van der Waals surface area contributed by atoms with Crippen LogP contribution in [0.3, 0.4) is 0 Å². The van der Waals surface area contributed by atoms with Gasteiger partial charge in [0.2, 0.25) is 17.3 Å². The van der Waals surface area contributed by atoms with Crippen LogP contribution in [-0.2, 0) is 39.9 Å². The van der Waals surface area contributed by atoms with Crippen LogP contribution in [0.25, 0.3) is 0 Å². The molecule has 12 heteroatoms. The van der Waals surface area contributed by atoms with E-state index in [4.69, 9.17) is 14.2 Å². The van der Waals surface area contributed by atoms with Crippen LogP contribution in [-0.4, -0.2) is 66.2 Å². The maximum Gasteiger partial charge on any atom is 0.308 e. The van der Waals surface area contributed by atoms with Crippen molar-refractivity contribution in [1.82, 2.24) is 10.3 Å². The monoisotopic (exact) mass is 582 g/mol. The molecule has 2 aromatic rings. The third kappa shape index (κ3) is 8.88. The highest BCUT2D eigenvalue weighted by molar-refractivity contribution is 6.40. The number of hydrogen-bond acceptors (Lipinski definition) is 11. The van der Waals surface area contributed by atoms with E-state index in [0.717, 1.165) is 12.5 Å². The summed E-state index contributed by atoms with van der Waals surface area (Å²) in [4.78, 5) is 91.4. The maximum absolute atomic E-state index is 13.4. The Hall–Kier alpha value is -4.74. The molecule has 0 fully saturated rings. The first-order valence-corrected chi connectivity index (χ1v) is 13.2. The highest BCUT2D eigenvalue weighted by atomic mass is 16.6. The Morgan fingerprint density at radius 2 is 1.64 bits per heavy atom. The van der Waals surface area contributed by atoms with Gasteiger partial charge in [0.1, 0.15) is 24.7 Å². The van der Waals surface area contributed by atoms with Crippen LogP contribution in [0.5, 0.6) is 11.5 Å². The van der Waals surface area contributed by atoms with Gasteiger partial charge in [0.05, 0.1) is 24.9 Å². The number of ether oxygens (including phenoxy) is 3. The fourth-order valence-corrected chi connectivity index (χ4v) is 4.05. The molecule has 4 atom stereocenters. The van der Waals surface area contributed by atoms with Crippen LogP contribution in [0.2, 0.25) is 0 Å². The molecule has 42 heavy (non-hydrogen) atoms. The number of nitrogens with zero attached hydrogens (tertiary/aromatic N) is 1. The molecule has 1 aromatic heterocycles. The van der Waals surface area contributed by atoms with Gasteiger partial charge >= 0.3 is 11.9 Å². The lowest BCUT2D eigenvalue weighted by Gasteiger charge is -2.29. The van der Waals surface area contributed by atoms with Crippen molar-refractivity contribution >= 4 is 42.0 Å². The molecular weight excluding hydrogens is 548 g/mol. The van der Waals surface area contributed by atoms with Crippen LogP contribution < -0.4 is 14.8 Å². The summed E-state index contributed by atoms with van der Waals surface area (Å²) in [6.45, 7) is 5.59. The van der Waals surface area contributed by atoms with Crippen molar-refractivity contribution in [3.63, 3.8) is 0 Å². The molecule has 0 unspecified atom stereocenters. The number of carbonyl (C=O) groups excluding carboxylic acids is 7. The van der Waals surface area contributed by atoms with Gasteiger partial charge in [-0.1, -0.05) is 51.1 Å². The van der Waals surface area contributed by atoms with Crippen molar-refractivity contribution < 1.29 is 47.8 Å². The lowest BCUT2D eigenvalue weighted by atomic mass is 9.83. The molecule has 0 saturated heterocycles. The molecule has 2 rings (SSSR count). The van der Waals surface area contributed by atoms with Gasteiger partial charge in [-0.3, -0.25) is 24.0 Å². The largest absolute Gasteiger partial charge is 0.493 e. The van der Waals surface area contributed by atoms with Crippen LogP contribution in [0.1, 0.15) is 50.2 Å². The predicted octanol–water partition coefficient (Wildman–Crippen LogP) is 2.10. The molecular formula is C30H34N2O10. The number of amides is 1. The fraction of sp³-hybridized carbons (Fsp3) is 0.400. The summed E-state index contributed by atoms with van der Waals surface area (Å²) in [6.07, 6.45) is 0.346. The Balaban J connectivity index is 2.37. The van der Waals surface area contributed by atoms with E-state index >= 15 is 0 Å². The van der Waals surface area contributed by atoms with Crippen molar-refractivity contribution in [1.29, 1.82) is 0 Å². The first kappa shape index (κ1) is 33.5. The minimum atomic E-state index is -1.63. The number of aromatic nitrogens is 1. The standard InChI is InChI=1S/C30H34N2O10/c1-17(2)30(39)42-27(21(16-34)15-20-9-7-6-8-10-20)18(3)25(36)26(37)22(12-14-33)32-29(38)24-28(41-19(4)35)23(40-5)11-13-31-24/h6-11,13-14,16-18,21-22,27H,12,15H2,1-5H3,(H,32,38)/t18-,21+,22+,27+/m1/s1. The molecule has 0 saturated carbocycles. The Morgan fingerprint density at radius 3 is 2.19 bits per heavy atom. The summed E-state index contributed by atoms with van der Waals surface area (Å²) in [5.74, 6) is -7.89. The number of benzene rings is 1. The summed E-state index contributed by atoms with van der Waals surface area (Å²) >= 11 is 0. The zero-order chi connectivity index (χ0) is 31.4. The van der Waals surface area contributed by atoms with Crippen LogP contribution in [0.15, 0.2) is 42.6 Å². The van der Waals surface area contributed by atoms with E-state index in [0.29, 0.717) is 12.6 Å².